The largest absolute Gasteiger partial charge is 0.491 e. The maximum Gasteiger partial charge on any atom is 0.271 e. The average Bonchev–Trinajstić information content (AvgIpc) is 2.64. The van der Waals surface area contributed by atoms with E-state index in [0.717, 1.165) is 26.7 Å². The lowest BCUT2D eigenvalue weighted by atomic mass is 10.2. The molecule has 6 heteroatoms. The molecule has 0 aliphatic carbocycles. The number of amides is 1. The minimum atomic E-state index is -0.244. The number of carbonyl (C=O) groups excluding carboxylic acids is 1. The first kappa shape index (κ1) is 20.6. The van der Waals surface area contributed by atoms with Gasteiger partial charge in [-0.1, -0.05) is 44.4 Å². The molecule has 2 aromatic carbocycles. The number of benzene rings is 2. The predicted molar refractivity (Wildman–Crippen MR) is 113 cm³/mol. The summed E-state index contributed by atoms with van der Waals surface area (Å²) in [4.78, 5) is 12.0. The van der Waals surface area contributed by atoms with Crippen molar-refractivity contribution in [1.82, 2.24) is 5.43 Å². The van der Waals surface area contributed by atoms with Gasteiger partial charge in [0, 0.05) is 5.56 Å². The van der Waals surface area contributed by atoms with Gasteiger partial charge in [-0.25, -0.2) is 5.43 Å². The van der Waals surface area contributed by atoms with Gasteiger partial charge in [0.15, 0.2) is 0 Å². The highest BCUT2D eigenvalue weighted by molar-refractivity contribution is 9.11. The molecule has 0 aromatic heterocycles. The number of hydrogen-bond donors (Lipinski definition) is 1. The number of nitrogens with zero attached hydrogens (tertiary/aromatic N) is 1. The fourth-order valence-electron chi connectivity index (χ4n) is 2.31. The molecule has 0 fully saturated rings. The molecule has 4 nitrogen and oxygen atoms in total. The lowest BCUT2D eigenvalue weighted by Crippen LogP contribution is -2.17. The van der Waals surface area contributed by atoms with Crippen LogP contribution in [0.3, 0.4) is 0 Å². The molecule has 0 aliphatic rings. The predicted octanol–water partition coefficient (Wildman–Crippen LogP) is 5.93. The van der Waals surface area contributed by atoms with Crippen LogP contribution in [0.15, 0.2) is 56.5 Å². The van der Waals surface area contributed by atoms with E-state index in [-0.39, 0.29) is 5.91 Å². The van der Waals surface area contributed by atoms with Gasteiger partial charge in [0.25, 0.3) is 5.91 Å². The van der Waals surface area contributed by atoms with E-state index in [1.807, 2.05) is 30.3 Å². The van der Waals surface area contributed by atoms with E-state index in [1.54, 1.807) is 18.3 Å². The van der Waals surface area contributed by atoms with Gasteiger partial charge in [-0.15, -0.1) is 0 Å². The number of hydrogen-bond acceptors (Lipinski definition) is 3. The van der Waals surface area contributed by atoms with Crippen molar-refractivity contribution >= 4 is 44.0 Å². The molecule has 0 saturated heterocycles. The summed E-state index contributed by atoms with van der Waals surface area (Å²) < 4.78 is 7.55. The van der Waals surface area contributed by atoms with Crippen molar-refractivity contribution in [2.75, 3.05) is 6.61 Å². The van der Waals surface area contributed by atoms with Gasteiger partial charge >= 0.3 is 0 Å². The van der Waals surface area contributed by atoms with Crippen molar-refractivity contribution in [2.45, 2.75) is 32.6 Å². The van der Waals surface area contributed by atoms with Gasteiger partial charge in [0.05, 0.1) is 21.8 Å². The zero-order chi connectivity index (χ0) is 18.8. The molecule has 26 heavy (non-hydrogen) atoms. The van der Waals surface area contributed by atoms with Gasteiger partial charge in [0.1, 0.15) is 5.75 Å². The number of rotatable bonds is 9. The summed E-state index contributed by atoms with van der Waals surface area (Å²) >= 11 is 7.07. The number of carbonyl (C=O) groups is 1. The second-order valence-corrected chi connectivity index (χ2v) is 7.50. The molecular weight excluding hydrogens is 460 g/mol. The van der Waals surface area contributed by atoms with Crippen LogP contribution in [-0.4, -0.2) is 18.7 Å². The number of ether oxygens (including phenoxy) is 1. The van der Waals surface area contributed by atoms with E-state index in [9.17, 15) is 4.79 Å². The van der Waals surface area contributed by atoms with E-state index in [0.29, 0.717) is 12.2 Å². The Kier molecular flexibility index (Phi) is 8.85. The summed E-state index contributed by atoms with van der Waals surface area (Å²) in [5.41, 5.74) is 3.93. The van der Waals surface area contributed by atoms with Crippen molar-refractivity contribution in [3.8, 4) is 5.75 Å². The van der Waals surface area contributed by atoms with E-state index in [4.69, 9.17) is 4.74 Å². The Morgan fingerprint density at radius 1 is 1.12 bits per heavy atom. The Morgan fingerprint density at radius 3 is 2.46 bits per heavy atom. The molecule has 0 radical (unpaired) electrons. The highest BCUT2D eigenvalue weighted by Crippen LogP contribution is 2.34. The second-order valence-electron chi connectivity index (χ2n) is 5.79. The van der Waals surface area contributed by atoms with Crippen molar-refractivity contribution in [1.29, 1.82) is 0 Å². The minimum absolute atomic E-state index is 0.244. The lowest BCUT2D eigenvalue weighted by Gasteiger charge is -2.11. The summed E-state index contributed by atoms with van der Waals surface area (Å²) in [7, 11) is 0. The molecule has 0 spiro atoms. The molecule has 2 aromatic rings. The SMILES string of the molecule is CCCCCCOc1c(Br)cc(/C=N/NC(=O)c2ccccc2)cc1Br. The molecule has 0 unspecified atom stereocenters. The fourth-order valence-corrected chi connectivity index (χ4v) is 3.77. The standard InChI is InChI=1S/C20H22Br2N2O2/c1-2-3-4-8-11-26-19-17(21)12-15(13-18(19)22)14-23-24-20(25)16-9-6-5-7-10-16/h5-7,9-10,12-14H,2-4,8,11H2,1H3,(H,24,25)/b23-14+. The van der Waals surface area contributed by atoms with E-state index in [1.165, 1.54) is 19.3 Å². The van der Waals surface area contributed by atoms with Crippen LogP contribution in [0.4, 0.5) is 0 Å². The lowest BCUT2D eigenvalue weighted by molar-refractivity contribution is 0.0955. The topological polar surface area (TPSA) is 50.7 Å². The molecule has 0 atom stereocenters. The third-order valence-corrected chi connectivity index (χ3v) is 4.86. The Bertz CT molecular complexity index is 726. The van der Waals surface area contributed by atoms with Crippen molar-refractivity contribution in [3.05, 3.63) is 62.5 Å². The summed E-state index contributed by atoms with van der Waals surface area (Å²) in [5.74, 6) is 0.541. The van der Waals surface area contributed by atoms with Gasteiger partial charge in [-0.05, 0) is 68.1 Å². The summed E-state index contributed by atoms with van der Waals surface area (Å²) in [6, 6.07) is 12.8. The first-order chi connectivity index (χ1) is 12.6. The monoisotopic (exact) mass is 480 g/mol. The fraction of sp³-hybridized carbons (Fsp3) is 0.300. The van der Waals surface area contributed by atoms with Crippen LogP contribution in [0, 0.1) is 0 Å². The van der Waals surface area contributed by atoms with Crippen LogP contribution in [-0.2, 0) is 0 Å². The van der Waals surface area contributed by atoms with Crippen LogP contribution >= 0.6 is 31.9 Å². The van der Waals surface area contributed by atoms with Gasteiger partial charge < -0.3 is 4.74 Å². The van der Waals surface area contributed by atoms with Crippen LogP contribution in [0.2, 0.25) is 0 Å². The number of nitrogens with one attached hydrogen (secondary N) is 1. The van der Waals surface area contributed by atoms with Crippen LogP contribution < -0.4 is 10.2 Å². The zero-order valence-electron chi connectivity index (χ0n) is 14.7. The van der Waals surface area contributed by atoms with E-state index >= 15 is 0 Å². The Labute approximate surface area is 171 Å². The van der Waals surface area contributed by atoms with Crippen LogP contribution in [0.5, 0.6) is 5.75 Å². The Morgan fingerprint density at radius 2 is 1.81 bits per heavy atom. The average molecular weight is 482 g/mol. The third-order valence-electron chi connectivity index (χ3n) is 3.68. The molecule has 1 amide bonds. The van der Waals surface area contributed by atoms with Crippen molar-refractivity contribution in [2.24, 2.45) is 5.10 Å². The summed E-state index contributed by atoms with van der Waals surface area (Å²) in [5, 5.41) is 4.02. The first-order valence-corrected chi connectivity index (χ1v) is 10.2. The maximum atomic E-state index is 12.0. The highest BCUT2D eigenvalue weighted by atomic mass is 79.9. The first-order valence-electron chi connectivity index (χ1n) is 8.62. The van der Waals surface area contributed by atoms with Gasteiger partial charge in [-0.3, -0.25) is 4.79 Å². The number of hydrazone groups is 1. The molecule has 2 rings (SSSR count). The zero-order valence-corrected chi connectivity index (χ0v) is 17.8. The molecule has 1 N–H and O–H groups in total. The van der Waals surface area contributed by atoms with Crippen molar-refractivity contribution in [3.63, 3.8) is 0 Å². The van der Waals surface area contributed by atoms with E-state index < -0.39 is 0 Å². The molecule has 0 saturated carbocycles. The third kappa shape index (κ3) is 6.57. The van der Waals surface area contributed by atoms with Gasteiger partial charge in [0.2, 0.25) is 0 Å². The Hall–Kier alpha value is -1.66. The van der Waals surface area contributed by atoms with Gasteiger partial charge in [-0.2, -0.15) is 5.10 Å². The summed E-state index contributed by atoms with van der Waals surface area (Å²) in [6.07, 6.45) is 6.26. The minimum Gasteiger partial charge on any atom is -0.491 e. The normalized spacial score (nSPS) is 10.9. The second kappa shape index (κ2) is 11.1. The maximum absolute atomic E-state index is 12.0. The summed E-state index contributed by atoms with van der Waals surface area (Å²) in [6.45, 7) is 2.88. The Balaban J connectivity index is 1.93. The molecule has 0 heterocycles. The quantitative estimate of drug-likeness (QED) is 0.274. The molecule has 138 valence electrons. The number of halogens is 2. The van der Waals surface area contributed by atoms with E-state index in [2.05, 4.69) is 49.3 Å². The highest BCUT2D eigenvalue weighted by Gasteiger charge is 2.08. The molecule has 0 bridgehead atoms. The van der Waals surface area contributed by atoms with Crippen molar-refractivity contribution < 1.29 is 9.53 Å². The molecular formula is C20H22Br2N2O2. The molecule has 0 aliphatic heterocycles. The van der Waals surface area contributed by atoms with Crippen LogP contribution in [0.25, 0.3) is 0 Å². The van der Waals surface area contributed by atoms with Crippen LogP contribution in [0.1, 0.15) is 48.5 Å². The smallest absolute Gasteiger partial charge is 0.271 e. The number of unbranched alkanes of at least 4 members (excludes halogenated alkanes) is 3.